The lowest BCUT2D eigenvalue weighted by Gasteiger charge is -2.73. The van der Waals surface area contributed by atoms with Gasteiger partial charge in [0.25, 0.3) is 0 Å². The number of carbonyl (C=O) groups is 2. The maximum atomic E-state index is 13.3. The quantitative estimate of drug-likeness (QED) is 0.174. The van der Waals surface area contributed by atoms with Gasteiger partial charge in [0.15, 0.2) is 24.8 Å². The number of pyridine rings is 2. The molecule has 0 N–H and O–H groups in total. The fraction of sp³-hybridized carbons (Fsp3) is 0.696. The van der Waals surface area contributed by atoms with E-state index in [0.717, 1.165) is 44.9 Å². The van der Waals surface area contributed by atoms with Crippen LogP contribution in [0.15, 0.2) is 61.2 Å². The zero-order chi connectivity index (χ0) is 38.7. The van der Waals surface area contributed by atoms with Crippen LogP contribution in [0.1, 0.15) is 117 Å². The highest BCUT2D eigenvalue weighted by Crippen LogP contribution is 2.77. The predicted octanol–water partition coefficient (Wildman–Crippen LogP) is 5.80. The van der Waals surface area contributed by atoms with E-state index >= 15 is 0 Å². The molecule has 54 heavy (non-hydrogen) atoms. The van der Waals surface area contributed by atoms with E-state index < -0.39 is 0 Å². The standard InChI is InChI=1S/C46H64N2O6/c1-31(2)34-14-19-46(30-53-39(51)26-47-22-8-10-32(24-47)28-49)21-20-44(6)35(41(34)46)12-13-37-43(5)17-16-38(42(3,4)36(43)15-18-45(37,44)7)54-40(52)27-48-23-9-11-33(25-48)29-50/h8-11,22-25,34-38,41H,1,12-21,26-30H2,2-7H3/t34?,35?,36?,37?,38-,41?,43-,44+,45+,46+/m0/s1. The van der Waals surface area contributed by atoms with Crippen LogP contribution in [0.2, 0.25) is 0 Å². The highest BCUT2D eigenvalue weighted by Gasteiger charge is 2.71. The number of rotatable bonds is 10. The zero-order valence-corrected chi connectivity index (χ0v) is 33.7. The summed E-state index contributed by atoms with van der Waals surface area (Å²) in [7, 11) is 0. The number of fused-ring (bicyclic) bond motifs is 7. The first kappa shape index (κ1) is 39.1. The summed E-state index contributed by atoms with van der Waals surface area (Å²) in [6, 6.07) is 7.22. The summed E-state index contributed by atoms with van der Waals surface area (Å²) < 4.78 is 16.1. The average molecular weight is 741 g/mol. The van der Waals surface area contributed by atoms with Gasteiger partial charge < -0.3 is 19.7 Å². The molecule has 8 heteroatoms. The summed E-state index contributed by atoms with van der Waals surface area (Å²) in [5.74, 6) is 2.00. The van der Waals surface area contributed by atoms with Gasteiger partial charge in [0.05, 0.1) is 6.61 Å². The van der Waals surface area contributed by atoms with Crippen LogP contribution in [0.5, 0.6) is 0 Å². The smallest absolute Gasteiger partial charge is 0.372 e. The van der Waals surface area contributed by atoms with Crippen molar-refractivity contribution in [3.05, 3.63) is 72.3 Å². The fourth-order valence-corrected chi connectivity index (χ4v) is 14.0. The second-order valence-electron chi connectivity index (χ2n) is 19.6. The molecule has 5 fully saturated rings. The Balaban J connectivity index is 1.08. The summed E-state index contributed by atoms with van der Waals surface area (Å²) in [5.41, 5.74) is 2.91. The Morgan fingerprint density at radius 1 is 0.778 bits per heavy atom. The van der Waals surface area contributed by atoms with Gasteiger partial charge in [0, 0.05) is 23.0 Å². The molecular formula is C46H64N2O6. The lowest BCUT2D eigenvalue weighted by Crippen LogP contribution is -2.67. The summed E-state index contributed by atoms with van der Waals surface area (Å²) in [6.45, 7) is 19.4. The molecule has 0 aromatic carbocycles. The minimum atomic E-state index is -0.308. The van der Waals surface area contributed by atoms with Crippen LogP contribution in [0.4, 0.5) is 0 Å². The Morgan fingerprint density at radius 3 is 2.06 bits per heavy atom. The molecule has 5 aliphatic rings. The van der Waals surface area contributed by atoms with Crippen molar-refractivity contribution in [3.8, 4) is 0 Å². The van der Waals surface area contributed by atoms with Gasteiger partial charge in [-0.2, -0.15) is 9.13 Å². The van der Waals surface area contributed by atoms with Crippen molar-refractivity contribution >= 4 is 11.9 Å². The van der Waals surface area contributed by atoms with E-state index in [4.69, 9.17) is 9.47 Å². The Labute approximate surface area is 323 Å². The minimum Gasteiger partial charge on any atom is -0.851 e. The number of aromatic nitrogens is 2. The van der Waals surface area contributed by atoms with Gasteiger partial charge in [0.1, 0.15) is 6.10 Å². The number of ether oxygens (including phenoxy) is 2. The van der Waals surface area contributed by atoms with Crippen LogP contribution >= 0.6 is 0 Å². The molecule has 0 aliphatic heterocycles. The molecule has 294 valence electrons. The average Bonchev–Trinajstić information content (AvgIpc) is 3.53. The molecule has 2 aromatic heterocycles. The normalized spacial score (nSPS) is 37.9. The first-order valence-electron chi connectivity index (χ1n) is 20.7. The van der Waals surface area contributed by atoms with E-state index in [1.807, 2.05) is 24.5 Å². The SMILES string of the molecule is C=C(C)C1CC[C@]2(COC(=O)C[n+]3cccc(C[O-])c3)CC[C@]3(C)C(CCC4[C@@]5(C)CC[C@H](OC(=O)C[n+]6cccc(C[O-])c6)C(C)(C)C5CC[C@]43C)C12. The summed E-state index contributed by atoms with van der Waals surface area (Å²) in [4.78, 5) is 26.6. The van der Waals surface area contributed by atoms with E-state index in [1.165, 1.54) is 24.8 Å². The maximum Gasteiger partial charge on any atom is 0.372 e. The van der Waals surface area contributed by atoms with Gasteiger partial charge >= 0.3 is 11.9 Å². The first-order valence-corrected chi connectivity index (χ1v) is 20.7. The summed E-state index contributed by atoms with van der Waals surface area (Å²) in [5, 5.41) is 22.9. The molecule has 0 bridgehead atoms. The van der Waals surface area contributed by atoms with Gasteiger partial charge in [0.2, 0.25) is 13.1 Å². The van der Waals surface area contributed by atoms with Gasteiger partial charge in [-0.25, -0.2) is 9.59 Å². The highest BCUT2D eigenvalue weighted by atomic mass is 16.5. The Kier molecular flexibility index (Phi) is 10.5. The number of nitrogens with zero attached hydrogens (tertiary/aromatic N) is 2. The van der Waals surface area contributed by atoms with Gasteiger partial charge in [-0.15, -0.1) is 13.2 Å². The van der Waals surface area contributed by atoms with Crippen molar-refractivity contribution in [3.63, 3.8) is 0 Å². The third-order valence-corrected chi connectivity index (χ3v) is 16.8. The third kappa shape index (κ3) is 6.45. The lowest BCUT2D eigenvalue weighted by atomic mass is 9.32. The van der Waals surface area contributed by atoms with Gasteiger partial charge in [-0.05, 0) is 140 Å². The minimum absolute atomic E-state index is 0.0339. The van der Waals surface area contributed by atoms with Crippen molar-refractivity contribution in [1.82, 2.24) is 0 Å². The fourth-order valence-electron chi connectivity index (χ4n) is 14.0. The zero-order valence-electron chi connectivity index (χ0n) is 33.7. The first-order chi connectivity index (χ1) is 25.6. The maximum absolute atomic E-state index is 13.3. The molecule has 8 nitrogen and oxygen atoms in total. The second kappa shape index (κ2) is 14.4. The van der Waals surface area contributed by atoms with Crippen LogP contribution in [0.25, 0.3) is 0 Å². The third-order valence-electron chi connectivity index (χ3n) is 16.8. The van der Waals surface area contributed by atoms with Crippen LogP contribution in [0.3, 0.4) is 0 Å². The Bertz CT molecular complexity index is 1760. The van der Waals surface area contributed by atoms with Crippen LogP contribution in [-0.2, 0) is 45.4 Å². The van der Waals surface area contributed by atoms with Gasteiger partial charge in [-0.3, -0.25) is 0 Å². The van der Waals surface area contributed by atoms with Crippen molar-refractivity contribution in [2.24, 2.45) is 56.7 Å². The Morgan fingerprint density at radius 2 is 1.43 bits per heavy atom. The van der Waals surface area contributed by atoms with E-state index in [0.29, 0.717) is 47.3 Å². The summed E-state index contributed by atoms with van der Waals surface area (Å²) in [6.07, 6.45) is 18.1. The number of carbonyl (C=O) groups excluding carboxylic acids is 2. The van der Waals surface area contributed by atoms with Crippen molar-refractivity contribution in [2.45, 2.75) is 138 Å². The van der Waals surface area contributed by atoms with Crippen LogP contribution < -0.4 is 19.3 Å². The predicted molar refractivity (Wildman–Crippen MR) is 200 cm³/mol. The largest absolute Gasteiger partial charge is 0.851 e. The topological polar surface area (TPSA) is 106 Å². The van der Waals surface area contributed by atoms with E-state index in [-0.39, 0.29) is 71.4 Å². The monoisotopic (exact) mass is 740 g/mol. The molecule has 5 aliphatic carbocycles. The Hall–Kier alpha value is -3.10. The molecule has 10 atom stereocenters. The second-order valence-corrected chi connectivity index (χ2v) is 19.6. The number of hydrogen-bond donors (Lipinski definition) is 0. The number of allylic oxidation sites excluding steroid dienone is 1. The molecule has 0 amide bonds. The molecule has 5 unspecified atom stereocenters. The van der Waals surface area contributed by atoms with Crippen molar-refractivity contribution in [1.29, 1.82) is 0 Å². The molecule has 7 rings (SSSR count). The number of hydrogen-bond acceptors (Lipinski definition) is 6. The van der Waals surface area contributed by atoms with E-state index in [9.17, 15) is 19.8 Å². The molecular weight excluding hydrogens is 677 g/mol. The van der Waals surface area contributed by atoms with Gasteiger partial charge in [-0.1, -0.05) is 46.8 Å². The van der Waals surface area contributed by atoms with E-state index in [2.05, 4.69) is 48.1 Å². The molecule has 0 spiro atoms. The number of esters is 2. The highest BCUT2D eigenvalue weighted by molar-refractivity contribution is 5.68. The van der Waals surface area contributed by atoms with E-state index in [1.54, 1.807) is 33.7 Å². The van der Waals surface area contributed by atoms with Crippen molar-refractivity contribution in [2.75, 3.05) is 6.61 Å². The molecule has 2 heterocycles. The molecule has 0 saturated heterocycles. The lowest BCUT2D eigenvalue weighted by molar-refractivity contribution is -0.687. The van der Waals surface area contributed by atoms with Crippen LogP contribution in [-0.4, -0.2) is 24.6 Å². The molecule has 2 aromatic rings. The molecule has 0 radical (unpaired) electrons. The van der Waals surface area contributed by atoms with Crippen LogP contribution in [0, 0.1) is 56.7 Å². The van der Waals surface area contributed by atoms with Crippen molar-refractivity contribution < 1.29 is 38.4 Å². The summed E-state index contributed by atoms with van der Waals surface area (Å²) >= 11 is 0. The molecule has 5 saturated carbocycles.